The third-order valence-electron chi connectivity index (χ3n) is 2.63. The first-order valence-electron chi connectivity index (χ1n) is 5.91. The highest BCUT2D eigenvalue weighted by atomic mass is 79.9. The highest BCUT2D eigenvalue weighted by molar-refractivity contribution is 9.10. The Morgan fingerprint density at radius 2 is 2.21 bits per heavy atom. The predicted molar refractivity (Wildman–Crippen MR) is 79.1 cm³/mol. The molecule has 1 heterocycles. The summed E-state index contributed by atoms with van der Waals surface area (Å²) in [4.78, 5) is 12.1. The third kappa shape index (κ3) is 3.14. The van der Waals surface area contributed by atoms with Crippen LogP contribution in [0.4, 0.5) is 11.4 Å². The summed E-state index contributed by atoms with van der Waals surface area (Å²) in [6.07, 6.45) is 1.65. The molecule has 1 aromatic carbocycles. The van der Waals surface area contributed by atoms with Gasteiger partial charge >= 0.3 is 0 Å². The molecule has 0 spiro atoms. The van der Waals surface area contributed by atoms with Crippen molar-refractivity contribution < 1.29 is 4.79 Å². The van der Waals surface area contributed by atoms with E-state index >= 15 is 0 Å². The van der Waals surface area contributed by atoms with Crippen LogP contribution in [-0.4, -0.2) is 15.7 Å². The van der Waals surface area contributed by atoms with E-state index in [2.05, 4.69) is 26.3 Å². The van der Waals surface area contributed by atoms with Gasteiger partial charge in [0.1, 0.15) is 0 Å². The Morgan fingerprint density at radius 3 is 2.79 bits per heavy atom. The lowest BCUT2D eigenvalue weighted by Crippen LogP contribution is -2.14. The van der Waals surface area contributed by atoms with Crippen LogP contribution in [0.2, 0.25) is 0 Å². The van der Waals surface area contributed by atoms with Crippen LogP contribution < -0.4 is 11.1 Å². The largest absolute Gasteiger partial charge is 0.396 e. The predicted octanol–water partition coefficient (Wildman–Crippen LogP) is 2.81. The molecule has 1 amide bonds. The maximum Gasteiger partial charge on any atom is 0.278 e. The molecule has 6 heteroatoms. The van der Waals surface area contributed by atoms with E-state index in [1.807, 2.05) is 32.0 Å². The van der Waals surface area contributed by atoms with Crippen LogP contribution in [0.25, 0.3) is 0 Å². The first-order chi connectivity index (χ1) is 8.99. The molecule has 0 radical (unpaired) electrons. The van der Waals surface area contributed by atoms with Crippen molar-refractivity contribution in [2.24, 2.45) is 0 Å². The first-order valence-corrected chi connectivity index (χ1v) is 6.70. The molecular weight excluding hydrogens is 308 g/mol. The number of nitrogens with one attached hydrogen (secondary N) is 1. The van der Waals surface area contributed by atoms with Crippen LogP contribution in [0.3, 0.4) is 0 Å². The fourth-order valence-electron chi connectivity index (χ4n) is 1.77. The van der Waals surface area contributed by atoms with Gasteiger partial charge in [0.25, 0.3) is 5.91 Å². The SMILES string of the molecule is CCn1cc(N)c(C(=O)Nc2cc(C)cc(Br)c2)n1. The lowest BCUT2D eigenvalue weighted by molar-refractivity contribution is 0.102. The molecular formula is C13H15BrN4O. The van der Waals surface area contributed by atoms with Crippen molar-refractivity contribution in [1.82, 2.24) is 9.78 Å². The number of amides is 1. The van der Waals surface area contributed by atoms with Gasteiger partial charge in [-0.2, -0.15) is 5.10 Å². The zero-order valence-corrected chi connectivity index (χ0v) is 12.4. The van der Waals surface area contributed by atoms with Crippen molar-refractivity contribution in [3.05, 3.63) is 40.1 Å². The minimum atomic E-state index is -0.304. The van der Waals surface area contributed by atoms with E-state index in [0.29, 0.717) is 17.9 Å². The molecule has 1 aromatic heterocycles. The van der Waals surface area contributed by atoms with E-state index < -0.39 is 0 Å². The van der Waals surface area contributed by atoms with Crippen molar-refractivity contribution in [2.45, 2.75) is 20.4 Å². The number of hydrogen-bond acceptors (Lipinski definition) is 3. The molecule has 0 unspecified atom stereocenters. The average Bonchev–Trinajstić information content (AvgIpc) is 2.69. The number of rotatable bonds is 3. The smallest absolute Gasteiger partial charge is 0.278 e. The maximum atomic E-state index is 12.1. The van der Waals surface area contributed by atoms with Gasteiger partial charge in [-0.3, -0.25) is 9.48 Å². The second-order valence-electron chi connectivity index (χ2n) is 4.26. The average molecular weight is 323 g/mol. The maximum absolute atomic E-state index is 12.1. The topological polar surface area (TPSA) is 72.9 Å². The molecule has 0 aliphatic rings. The summed E-state index contributed by atoms with van der Waals surface area (Å²) in [5.41, 5.74) is 8.17. The third-order valence-corrected chi connectivity index (χ3v) is 3.09. The lowest BCUT2D eigenvalue weighted by atomic mass is 10.2. The van der Waals surface area contributed by atoms with Crippen molar-refractivity contribution >= 4 is 33.2 Å². The molecule has 0 fully saturated rings. The molecule has 0 atom stereocenters. The second kappa shape index (κ2) is 5.44. The quantitative estimate of drug-likeness (QED) is 0.912. The molecule has 100 valence electrons. The Hall–Kier alpha value is -1.82. The summed E-state index contributed by atoms with van der Waals surface area (Å²) in [6.45, 7) is 4.57. The zero-order chi connectivity index (χ0) is 14.0. The van der Waals surface area contributed by atoms with Crippen molar-refractivity contribution in [2.75, 3.05) is 11.1 Å². The van der Waals surface area contributed by atoms with E-state index in [-0.39, 0.29) is 11.6 Å². The number of halogens is 1. The zero-order valence-electron chi connectivity index (χ0n) is 10.8. The number of carbonyl (C=O) groups excluding carboxylic acids is 1. The lowest BCUT2D eigenvalue weighted by Gasteiger charge is -2.06. The minimum absolute atomic E-state index is 0.250. The molecule has 19 heavy (non-hydrogen) atoms. The number of carbonyl (C=O) groups is 1. The second-order valence-corrected chi connectivity index (χ2v) is 5.18. The molecule has 0 saturated carbocycles. The Kier molecular flexibility index (Phi) is 3.90. The van der Waals surface area contributed by atoms with E-state index in [0.717, 1.165) is 10.0 Å². The van der Waals surface area contributed by atoms with Gasteiger partial charge in [0.15, 0.2) is 5.69 Å². The Balaban J connectivity index is 2.22. The number of nitrogen functional groups attached to an aromatic ring is 1. The Bertz CT molecular complexity index is 601. The summed E-state index contributed by atoms with van der Waals surface area (Å²) < 4.78 is 2.55. The van der Waals surface area contributed by atoms with E-state index in [4.69, 9.17) is 5.73 Å². The van der Waals surface area contributed by atoms with E-state index in [9.17, 15) is 4.79 Å². The van der Waals surface area contributed by atoms with Crippen molar-refractivity contribution in [3.63, 3.8) is 0 Å². The molecule has 3 N–H and O–H groups in total. The van der Waals surface area contributed by atoms with E-state index in [1.54, 1.807) is 10.9 Å². The highest BCUT2D eigenvalue weighted by Crippen LogP contribution is 2.20. The summed E-state index contributed by atoms with van der Waals surface area (Å²) >= 11 is 3.39. The fourth-order valence-corrected chi connectivity index (χ4v) is 2.38. The van der Waals surface area contributed by atoms with Crippen LogP contribution in [0, 0.1) is 6.92 Å². The van der Waals surface area contributed by atoms with Crippen LogP contribution in [0.15, 0.2) is 28.9 Å². The number of aryl methyl sites for hydroxylation is 2. The number of aromatic nitrogens is 2. The number of benzene rings is 1. The summed E-state index contributed by atoms with van der Waals surface area (Å²) in [5.74, 6) is -0.304. The molecule has 0 aliphatic carbocycles. The number of nitrogens with zero attached hydrogens (tertiary/aromatic N) is 2. The van der Waals surface area contributed by atoms with Crippen LogP contribution >= 0.6 is 15.9 Å². The Labute approximate surface area is 119 Å². The standard InChI is InChI=1S/C13H15BrN4O/c1-3-18-7-11(15)12(17-18)13(19)16-10-5-8(2)4-9(14)6-10/h4-7H,3,15H2,1-2H3,(H,16,19). The van der Waals surface area contributed by atoms with Gasteiger partial charge in [-0.1, -0.05) is 15.9 Å². The van der Waals surface area contributed by atoms with E-state index in [1.165, 1.54) is 0 Å². The molecule has 0 saturated heterocycles. The molecule has 0 bridgehead atoms. The van der Waals surface area contributed by atoms with Crippen molar-refractivity contribution in [3.8, 4) is 0 Å². The van der Waals surface area contributed by atoms with Crippen molar-refractivity contribution in [1.29, 1.82) is 0 Å². The van der Waals surface area contributed by atoms with Crippen LogP contribution in [0.1, 0.15) is 23.0 Å². The normalized spacial score (nSPS) is 10.5. The molecule has 5 nitrogen and oxygen atoms in total. The van der Waals surface area contributed by atoms with Gasteiger partial charge < -0.3 is 11.1 Å². The van der Waals surface area contributed by atoms with Crippen LogP contribution in [0.5, 0.6) is 0 Å². The fraction of sp³-hybridized carbons (Fsp3) is 0.231. The van der Waals surface area contributed by atoms with Gasteiger partial charge in [-0.25, -0.2) is 0 Å². The monoisotopic (exact) mass is 322 g/mol. The first kappa shape index (κ1) is 13.6. The molecule has 2 rings (SSSR count). The van der Waals surface area contributed by atoms with Gasteiger partial charge in [-0.15, -0.1) is 0 Å². The number of hydrogen-bond donors (Lipinski definition) is 2. The Morgan fingerprint density at radius 1 is 1.47 bits per heavy atom. The van der Waals surface area contributed by atoms with Gasteiger partial charge in [0.2, 0.25) is 0 Å². The number of nitrogens with two attached hydrogens (primary N) is 1. The summed E-state index contributed by atoms with van der Waals surface area (Å²) in [6, 6.07) is 5.68. The number of anilines is 2. The van der Waals surface area contributed by atoms with Gasteiger partial charge in [0, 0.05) is 22.9 Å². The molecule has 0 aliphatic heterocycles. The van der Waals surface area contributed by atoms with Gasteiger partial charge in [0.05, 0.1) is 5.69 Å². The summed E-state index contributed by atoms with van der Waals surface area (Å²) in [7, 11) is 0. The van der Waals surface area contributed by atoms with Crippen LogP contribution in [-0.2, 0) is 6.54 Å². The highest BCUT2D eigenvalue weighted by Gasteiger charge is 2.14. The summed E-state index contributed by atoms with van der Waals surface area (Å²) in [5, 5.41) is 6.93. The van der Waals surface area contributed by atoms with Gasteiger partial charge in [-0.05, 0) is 37.6 Å². The molecule has 2 aromatic rings. The minimum Gasteiger partial charge on any atom is -0.396 e.